The molecule has 0 spiro atoms. The molecule has 152 valence electrons. The van der Waals surface area contributed by atoms with Crippen molar-refractivity contribution in [2.45, 2.75) is 45.4 Å². The van der Waals surface area contributed by atoms with E-state index >= 15 is 0 Å². The highest BCUT2D eigenvalue weighted by molar-refractivity contribution is 5.61. The maximum Gasteiger partial charge on any atom is 0.513 e. The molecule has 7 nitrogen and oxygen atoms in total. The Balaban J connectivity index is 1.66. The van der Waals surface area contributed by atoms with E-state index < -0.39 is 6.16 Å². The van der Waals surface area contributed by atoms with E-state index in [2.05, 4.69) is 52.8 Å². The molecule has 7 heteroatoms. The number of hydrogen-bond acceptors (Lipinski definition) is 7. The van der Waals surface area contributed by atoms with Crippen molar-refractivity contribution in [3.63, 3.8) is 0 Å². The number of aromatic nitrogens is 1. The van der Waals surface area contributed by atoms with Gasteiger partial charge in [0, 0.05) is 6.20 Å². The highest BCUT2D eigenvalue weighted by atomic mass is 16.7. The van der Waals surface area contributed by atoms with Crippen LogP contribution < -0.4 is 10.7 Å². The molecule has 1 aromatic carbocycles. The predicted octanol–water partition coefficient (Wildman–Crippen LogP) is 3.63. The predicted molar refractivity (Wildman–Crippen MR) is 108 cm³/mol. The third kappa shape index (κ3) is 3.97. The summed E-state index contributed by atoms with van der Waals surface area (Å²) in [4.78, 5) is 16.4. The molecule has 4 rings (SSSR count). The van der Waals surface area contributed by atoms with Gasteiger partial charge in [0.25, 0.3) is 0 Å². The topological polar surface area (TPSA) is 75.7 Å². The normalized spacial score (nSPS) is 23.7. The lowest BCUT2D eigenvalue weighted by atomic mass is 9.90. The quantitative estimate of drug-likeness (QED) is 0.767. The van der Waals surface area contributed by atoms with Gasteiger partial charge in [-0.15, -0.1) is 0 Å². The molecule has 0 radical (unpaired) electrons. The van der Waals surface area contributed by atoms with Crippen LogP contribution in [0.2, 0.25) is 0 Å². The van der Waals surface area contributed by atoms with Crippen molar-refractivity contribution in [3.8, 4) is 0 Å². The Morgan fingerprint density at radius 1 is 1.28 bits per heavy atom. The zero-order valence-electron chi connectivity index (χ0n) is 16.9. The van der Waals surface area contributed by atoms with E-state index in [1.54, 1.807) is 19.3 Å². The fourth-order valence-electron chi connectivity index (χ4n) is 4.05. The summed E-state index contributed by atoms with van der Waals surface area (Å²) in [6.45, 7) is 6.25. The van der Waals surface area contributed by atoms with Crippen LogP contribution in [0.15, 0.2) is 54.6 Å². The molecule has 3 heterocycles. The molecule has 2 N–H and O–H groups in total. The van der Waals surface area contributed by atoms with Gasteiger partial charge < -0.3 is 14.9 Å². The number of fused-ring (bicyclic) bond motifs is 1. The average molecular weight is 394 g/mol. The third-order valence-corrected chi connectivity index (χ3v) is 5.35. The van der Waals surface area contributed by atoms with Gasteiger partial charge in [0.15, 0.2) is 5.76 Å². The molecule has 1 aromatic heterocycles. The van der Waals surface area contributed by atoms with Gasteiger partial charge in [0.1, 0.15) is 6.17 Å². The van der Waals surface area contributed by atoms with Gasteiger partial charge in [-0.3, -0.25) is 10.3 Å². The molecule has 0 amide bonds. The summed E-state index contributed by atoms with van der Waals surface area (Å²) in [5.74, 6) is 0.485. The first kappa shape index (κ1) is 19.4. The first-order valence-corrected chi connectivity index (χ1v) is 9.90. The maximum absolute atomic E-state index is 11.9. The van der Waals surface area contributed by atoms with Crippen molar-refractivity contribution in [2.75, 3.05) is 6.61 Å². The zero-order valence-corrected chi connectivity index (χ0v) is 16.9. The highest BCUT2D eigenvalue weighted by Gasteiger charge is 2.43. The molecular formula is C22H26N4O3. The second-order valence-electron chi connectivity index (χ2n) is 7.36. The summed E-state index contributed by atoms with van der Waals surface area (Å²) in [6, 6.07) is 12.5. The lowest BCUT2D eigenvalue weighted by Gasteiger charge is -2.42. The van der Waals surface area contributed by atoms with Crippen LogP contribution in [0.5, 0.6) is 0 Å². The van der Waals surface area contributed by atoms with E-state index in [0.29, 0.717) is 5.76 Å². The van der Waals surface area contributed by atoms with Crippen LogP contribution in [-0.2, 0) is 9.47 Å². The van der Waals surface area contributed by atoms with Gasteiger partial charge in [-0.25, -0.2) is 4.79 Å². The summed E-state index contributed by atoms with van der Waals surface area (Å²) < 4.78 is 10.4. The number of benzene rings is 1. The number of ether oxygens (including phenoxy) is 2. The number of rotatable bonds is 4. The number of pyridine rings is 1. The van der Waals surface area contributed by atoms with Crippen molar-refractivity contribution in [2.24, 2.45) is 0 Å². The minimum absolute atomic E-state index is 0.0113. The van der Waals surface area contributed by atoms with Gasteiger partial charge in [-0.2, -0.15) is 5.01 Å². The molecule has 1 fully saturated rings. The van der Waals surface area contributed by atoms with Crippen LogP contribution in [0.25, 0.3) is 0 Å². The summed E-state index contributed by atoms with van der Waals surface area (Å²) in [5.41, 5.74) is 7.94. The fraction of sp³-hybridized carbons (Fsp3) is 0.364. The molecule has 0 saturated carbocycles. The number of carbonyl (C=O) groups excluding carboxylic acids is 1. The molecule has 2 aliphatic rings. The molecule has 0 aliphatic carbocycles. The molecule has 29 heavy (non-hydrogen) atoms. The fourth-order valence-corrected chi connectivity index (χ4v) is 4.05. The Labute approximate surface area is 170 Å². The zero-order chi connectivity index (χ0) is 20.4. The van der Waals surface area contributed by atoms with E-state index in [4.69, 9.17) is 9.47 Å². The Morgan fingerprint density at radius 2 is 2.14 bits per heavy atom. The van der Waals surface area contributed by atoms with Gasteiger partial charge in [-0.05, 0) is 50.5 Å². The van der Waals surface area contributed by atoms with Crippen LogP contribution in [0, 0.1) is 13.8 Å². The summed E-state index contributed by atoms with van der Waals surface area (Å²) in [7, 11) is 0. The molecule has 1 saturated heterocycles. The second-order valence-corrected chi connectivity index (χ2v) is 7.36. The average Bonchev–Trinajstić information content (AvgIpc) is 3.11. The van der Waals surface area contributed by atoms with Gasteiger partial charge in [-0.1, -0.05) is 29.8 Å². The van der Waals surface area contributed by atoms with E-state index in [9.17, 15) is 4.79 Å². The van der Waals surface area contributed by atoms with Crippen LogP contribution in [0.4, 0.5) is 4.79 Å². The Kier molecular flexibility index (Phi) is 5.51. The highest BCUT2D eigenvalue weighted by Crippen LogP contribution is 2.40. The smallest absolute Gasteiger partial charge is 0.434 e. The molecule has 2 aliphatic heterocycles. The van der Waals surface area contributed by atoms with Gasteiger partial charge in [0.2, 0.25) is 0 Å². The van der Waals surface area contributed by atoms with Crippen molar-refractivity contribution in [3.05, 3.63) is 76.9 Å². The largest absolute Gasteiger partial charge is 0.513 e. The maximum atomic E-state index is 11.9. The van der Waals surface area contributed by atoms with Crippen LogP contribution in [-0.4, -0.2) is 28.9 Å². The van der Waals surface area contributed by atoms with Crippen molar-refractivity contribution in [1.82, 2.24) is 20.7 Å². The monoisotopic (exact) mass is 394 g/mol. The standard InChI is InChI=1S/C22H26N4O3/c1-4-28-22(27)29-20-13-24-26-19(16-9-8-14(2)11-15(16)3)12-18(25-21(20)26)17-7-5-6-10-23-17/h5-11,13,18-19,21,24-25H,4,12H2,1-3H3. The van der Waals surface area contributed by atoms with Crippen molar-refractivity contribution in [1.29, 1.82) is 0 Å². The van der Waals surface area contributed by atoms with E-state index in [0.717, 1.165) is 12.1 Å². The molecular weight excluding hydrogens is 368 g/mol. The number of hydrazine groups is 1. The SMILES string of the molecule is CCOC(=O)OC1=CNN2C1NC(c1ccccn1)CC2c1ccc(C)cc1C. The Bertz CT molecular complexity index is 916. The molecule has 3 atom stereocenters. The summed E-state index contributed by atoms with van der Waals surface area (Å²) >= 11 is 0. The van der Waals surface area contributed by atoms with Gasteiger partial charge >= 0.3 is 6.16 Å². The number of hydrogen-bond donors (Lipinski definition) is 2. The van der Waals surface area contributed by atoms with Crippen molar-refractivity contribution >= 4 is 6.16 Å². The number of carbonyl (C=O) groups is 1. The van der Waals surface area contributed by atoms with E-state index in [-0.39, 0.29) is 24.9 Å². The van der Waals surface area contributed by atoms with Crippen LogP contribution in [0.3, 0.4) is 0 Å². The molecule has 0 bridgehead atoms. The number of aryl methyl sites for hydroxylation is 2. The van der Waals surface area contributed by atoms with Crippen molar-refractivity contribution < 1.29 is 14.3 Å². The molecule has 3 unspecified atom stereocenters. The number of nitrogens with one attached hydrogen (secondary N) is 2. The summed E-state index contributed by atoms with van der Waals surface area (Å²) in [5, 5.41) is 5.65. The van der Waals surface area contributed by atoms with Crippen LogP contribution >= 0.6 is 0 Å². The van der Waals surface area contributed by atoms with Gasteiger partial charge in [0.05, 0.1) is 30.6 Å². The van der Waals surface area contributed by atoms with Crippen LogP contribution in [0.1, 0.15) is 47.8 Å². The second kappa shape index (κ2) is 8.23. The third-order valence-electron chi connectivity index (χ3n) is 5.35. The lowest BCUT2D eigenvalue weighted by Crippen LogP contribution is -2.55. The minimum Gasteiger partial charge on any atom is -0.434 e. The molecule has 2 aromatic rings. The minimum atomic E-state index is -0.702. The first-order chi connectivity index (χ1) is 14.1. The Morgan fingerprint density at radius 3 is 2.86 bits per heavy atom. The summed E-state index contributed by atoms with van der Waals surface area (Å²) in [6.07, 6.45) is 3.32. The lowest BCUT2D eigenvalue weighted by molar-refractivity contribution is 0.0174. The van der Waals surface area contributed by atoms with E-state index in [1.807, 2.05) is 18.2 Å². The first-order valence-electron chi connectivity index (χ1n) is 9.90. The van der Waals surface area contributed by atoms with E-state index in [1.165, 1.54) is 16.7 Å². The number of nitrogens with zero attached hydrogens (tertiary/aromatic N) is 2. The Hall–Kier alpha value is -2.90.